The van der Waals surface area contributed by atoms with Crippen molar-refractivity contribution in [3.8, 4) is 0 Å². The minimum Gasteiger partial charge on any atom is -0.381 e. The van der Waals surface area contributed by atoms with Crippen LogP contribution in [0.5, 0.6) is 0 Å². The number of rotatable bonds is 3. The van der Waals surface area contributed by atoms with Gasteiger partial charge in [0.2, 0.25) is 0 Å². The fourth-order valence-electron chi connectivity index (χ4n) is 1.44. The maximum atomic E-state index is 13.1. The Labute approximate surface area is 83.6 Å². The van der Waals surface area contributed by atoms with E-state index in [1.807, 2.05) is 0 Å². The van der Waals surface area contributed by atoms with E-state index in [0.717, 1.165) is 12.8 Å². The third-order valence-electron chi connectivity index (χ3n) is 2.41. The fraction of sp³-hybridized carbons (Fsp3) is 0.600. The van der Waals surface area contributed by atoms with Gasteiger partial charge in [-0.1, -0.05) is 13.8 Å². The highest BCUT2D eigenvalue weighted by atomic mass is 19.1. The summed E-state index contributed by atoms with van der Waals surface area (Å²) in [6.07, 6.45) is 1.89. The smallest absolute Gasteiger partial charge is 0.186 e. The lowest BCUT2D eigenvalue weighted by Gasteiger charge is -2.12. The van der Waals surface area contributed by atoms with Crippen LogP contribution in [0.1, 0.15) is 44.1 Å². The van der Waals surface area contributed by atoms with Crippen molar-refractivity contribution < 1.29 is 4.39 Å². The van der Waals surface area contributed by atoms with Crippen LogP contribution in [0.15, 0.2) is 0 Å². The summed E-state index contributed by atoms with van der Waals surface area (Å²) in [6, 6.07) is 0. The average molecular weight is 197 g/mol. The van der Waals surface area contributed by atoms with Crippen molar-refractivity contribution in [2.24, 2.45) is 0 Å². The van der Waals surface area contributed by atoms with E-state index >= 15 is 0 Å². The van der Waals surface area contributed by atoms with Crippen LogP contribution < -0.4 is 5.73 Å². The van der Waals surface area contributed by atoms with Crippen molar-refractivity contribution in [3.05, 3.63) is 17.3 Å². The van der Waals surface area contributed by atoms with Gasteiger partial charge in [-0.25, -0.2) is 14.4 Å². The summed E-state index contributed by atoms with van der Waals surface area (Å²) in [4.78, 5) is 8.08. The van der Waals surface area contributed by atoms with E-state index in [1.165, 1.54) is 0 Å². The molecule has 0 atom stereocenters. The number of anilines is 1. The Hall–Kier alpha value is -1.19. The summed E-state index contributed by atoms with van der Waals surface area (Å²) in [7, 11) is 0. The molecular formula is C10H16FN3. The zero-order valence-electron chi connectivity index (χ0n) is 8.84. The standard InChI is InChI=1S/C10H16FN3/c1-4-7(5-2)10-13-6(3)8(11)9(12)14-10/h7H,4-5H2,1-3H3,(H2,12,13,14). The van der Waals surface area contributed by atoms with Crippen LogP contribution >= 0.6 is 0 Å². The summed E-state index contributed by atoms with van der Waals surface area (Å²) in [5, 5.41) is 0. The summed E-state index contributed by atoms with van der Waals surface area (Å²) in [5.74, 6) is 0.391. The van der Waals surface area contributed by atoms with Crippen molar-refractivity contribution in [1.82, 2.24) is 9.97 Å². The van der Waals surface area contributed by atoms with Crippen LogP contribution in [0.3, 0.4) is 0 Å². The number of nitrogen functional groups attached to an aromatic ring is 1. The molecule has 0 saturated carbocycles. The Kier molecular flexibility index (Phi) is 3.38. The van der Waals surface area contributed by atoms with Crippen LogP contribution in [0.25, 0.3) is 0 Å². The van der Waals surface area contributed by atoms with E-state index in [1.54, 1.807) is 6.92 Å². The van der Waals surface area contributed by atoms with Gasteiger partial charge in [0.15, 0.2) is 11.6 Å². The molecule has 1 aromatic heterocycles. The predicted molar refractivity (Wildman–Crippen MR) is 54.5 cm³/mol. The summed E-state index contributed by atoms with van der Waals surface area (Å²) in [5.41, 5.74) is 5.78. The second kappa shape index (κ2) is 4.35. The van der Waals surface area contributed by atoms with Gasteiger partial charge < -0.3 is 5.73 Å². The lowest BCUT2D eigenvalue weighted by atomic mass is 10.0. The van der Waals surface area contributed by atoms with Gasteiger partial charge in [0.1, 0.15) is 5.82 Å². The van der Waals surface area contributed by atoms with Crippen LogP contribution in [0.2, 0.25) is 0 Å². The molecule has 0 aromatic carbocycles. The van der Waals surface area contributed by atoms with E-state index in [-0.39, 0.29) is 11.7 Å². The van der Waals surface area contributed by atoms with Gasteiger partial charge in [-0.05, 0) is 19.8 Å². The predicted octanol–water partition coefficient (Wildman–Crippen LogP) is 2.41. The third-order valence-corrected chi connectivity index (χ3v) is 2.41. The van der Waals surface area contributed by atoms with Crippen molar-refractivity contribution >= 4 is 5.82 Å². The monoisotopic (exact) mass is 197 g/mol. The van der Waals surface area contributed by atoms with E-state index in [9.17, 15) is 4.39 Å². The summed E-state index contributed by atoms with van der Waals surface area (Å²) < 4.78 is 13.1. The number of halogens is 1. The molecule has 3 nitrogen and oxygen atoms in total. The fourth-order valence-corrected chi connectivity index (χ4v) is 1.44. The number of nitrogens with two attached hydrogens (primary N) is 1. The molecule has 0 spiro atoms. The van der Waals surface area contributed by atoms with Gasteiger partial charge in [0.05, 0.1) is 5.69 Å². The molecule has 14 heavy (non-hydrogen) atoms. The first-order chi connectivity index (χ1) is 6.60. The molecule has 0 unspecified atom stereocenters. The van der Waals surface area contributed by atoms with Crippen LogP contribution in [0, 0.1) is 12.7 Å². The molecule has 0 bridgehead atoms. The highest BCUT2D eigenvalue weighted by Crippen LogP contribution is 2.21. The zero-order valence-corrected chi connectivity index (χ0v) is 8.84. The minimum absolute atomic E-state index is 0.0422. The summed E-state index contributed by atoms with van der Waals surface area (Å²) in [6.45, 7) is 5.73. The molecule has 0 aliphatic carbocycles. The van der Waals surface area contributed by atoms with Crippen molar-refractivity contribution in [1.29, 1.82) is 0 Å². The van der Waals surface area contributed by atoms with E-state index in [0.29, 0.717) is 11.5 Å². The number of aryl methyl sites for hydroxylation is 1. The first-order valence-corrected chi connectivity index (χ1v) is 4.89. The highest BCUT2D eigenvalue weighted by molar-refractivity contribution is 5.32. The maximum absolute atomic E-state index is 13.1. The second-order valence-electron chi connectivity index (χ2n) is 3.38. The van der Waals surface area contributed by atoms with Gasteiger partial charge in [0, 0.05) is 5.92 Å². The molecule has 1 aromatic rings. The molecule has 0 radical (unpaired) electrons. The van der Waals surface area contributed by atoms with Gasteiger partial charge >= 0.3 is 0 Å². The normalized spacial score (nSPS) is 10.9. The SMILES string of the molecule is CCC(CC)c1nc(C)c(F)c(N)n1. The zero-order chi connectivity index (χ0) is 10.7. The molecule has 0 saturated heterocycles. The number of aromatic nitrogens is 2. The van der Waals surface area contributed by atoms with Gasteiger partial charge in [-0.15, -0.1) is 0 Å². The Morgan fingerprint density at radius 1 is 1.29 bits per heavy atom. The molecular weight excluding hydrogens is 181 g/mol. The lowest BCUT2D eigenvalue weighted by molar-refractivity contribution is 0.568. The largest absolute Gasteiger partial charge is 0.381 e. The lowest BCUT2D eigenvalue weighted by Crippen LogP contribution is -2.09. The molecule has 0 aliphatic heterocycles. The molecule has 4 heteroatoms. The quantitative estimate of drug-likeness (QED) is 0.809. The van der Waals surface area contributed by atoms with Crippen molar-refractivity contribution in [2.45, 2.75) is 39.5 Å². The Morgan fingerprint density at radius 3 is 2.29 bits per heavy atom. The van der Waals surface area contributed by atoms with Gasteiger partial charge in [-0.2, -0.15) is 0 Å². The third kappa shape index (κ3) is 2.00. The number of hydrogen-bond acceptors (Lipinski definition) is 3. The maximum Gasteiger partial charge on any atom is 0.186 e. The Bertz CT molecular complexity index is 298. The number of hydrogen-bond donors (Lipinski definition) is 1. The topological polar surface area (TPSA) is 51.8 Å². The van der Waals surface area contributed by atoms with E-state index in [2.05, 4.69) is 23.8 Å². The summed E-state index contributed by atoms with van der Waals surface area (Å²) >= 11 is 0. The minimum atomic E-state index is -0.500. The first kappa shape index (κ1) is 10.9. The highest BCUT2D eigenvalue weighted by Gasteiger charge is 2.14. The molecule has 78 valence electrons. The second-order valence-corrected chi connectivity index (χ2v) is 3.38. The van der Waals surface area contributed by atoms with Crippen LogP contribution in [0.4, 0.5) is 10.2 Å². The van der Waals surface area contributed by atoms with Crippen LogP contribution in [-0.2, 0) is 0 Å². The Morgan fingerprint density at radius 2 is 1.86 bits per heavy atom. The van der Waals surface area contributed by atoms with Gasteiger partial charge in [-0.3, -0.25) is 0 Å². The van der Waals surface area contributed by atoms with E-state index < -0.39 is 5.82 Å². The average Bonchev–Trinajstić information content (AvgIpc) is 2.16. The molecule has 1 heterocycles. The molecule has 0 aliphatic rings. The molecule has 1 rings (SSSR count). The first-order valence-electron chi connectivity index (χ1n) is 4.89. The Balaban J connectivity index is 3.11. The van der Waals surface area contributed by atoms with Crippen molar-refractivity contribution in [3.63, 3.8) is 0 Å². The number of nitrogens with zero attached hydrogens (tertiary/aromatic N) is 2. The van der Waals surface area contributed by atoms with Crippen LogP contribution in [-0.4, -0.2) is 9.97 Å². The molecule has 2 N–H and O–H groups in total. The van der Waals surface area contributed by atoms with Gasteiger partial charge in [0.25, 0.3) is 0 Å². The molecule has 0 amide bonds. The van der Waals surface area contributed by atoms with Crippen molar-refractivity contribution in [2.75, 3.05) is 5.73 Å². The molecule has 0 fully saturated rings. The van der Waals surface area contributed by atoms with E-state index in [4.69, 9.17) is 5.73 Å².